The zero-order chi connectivity index (χ0) is 21.5. The topological polar surface area (TPSA) is 12.9 Å². The molecular formula is C18H14F9N. The van der Waals surface area contributed by atoms with Crippen molar-refractivity contribution in [2.45, 2.75) is 44.2 Å². The molecule has 1 aromatic carbocycles. The van der Waals surface area contributed by atoms with Gasteiger partial charge in [0.25, 0.3) is 0 Å². The highest BCUT2D eigenvalue weighted by Crippen LogP contribution is 2.60. The zero-order valence-electron chi connectivity index (χ0n) is 14.5. The van der Waals surface area contributed by atoms with Crippen molar-refractivity contribution in [3.8, 4) is 11.1 Å². The molecule has 0 aliphatic heterocycles. The first-order valence-corrected chi connectivity index (χ1v) is 7.93. The molecule has 1 aromatic heterocycles. The number of nitrogens with zero attached hydrogens (tertiary/aromatic N) is 1. The monoisotopic (exact) mass is 415 g/mol. The van der Waals surface area contributed by atoms with Gasteiger partial charge >= 0.3 is 23.9 Å². The summed E-state index contributed by atoms with van der Waals surface area (Å²) in [6.45, 7) is 2.63. The van der Waals surface area contributed by atoms with Crippen molar-refractivity contribution in [3.05, 3.63) is 53.3 Å². The summed E-state index contributed by atoms with van der Waals surface area (Å²) in [4.78, 5) is 3.64. The summed E-state index contributed by atoms with van der Waals surface area (Å²) in [5.41, 5.74) is -8.81. The summed E-state index contributed by atoms with van der Waals surface area (Å²) in [5, 5.41) is 0. The summed E-state index contributed by atoms with van der Waals surface area (Å²) >= 11 is 0. The van der Waals surface area contributed by atoms with Crippen LogP contribution in [0.1, 0.15) is 23.6 Å². The van der Waals surface area contributed by atoms with Crippen LogP contribution in [0.2, 0.25) is 0 Å². The molecule has 2 rings (SSSR count). The SMILES string of the molecule is CCc1cc(C)cc(C(F)(C(F)(F)F)C(F)(F)C(F)(F)F)c1-c1cccnc1. The number of pyridine rings is 1. The lowest BCUT2D eigenvalue weighted by Crippen LogP contribution is -2.60. The first-order chi connectivity index (χ1) is 12.7. The fraction of sp³-hybridized carbons (Fsp3) is 0.389. The normalized spacial score (nSPS) is 15.4. The van der Waals surface area contributed by atoms with E-state index in [9.17, 15) is 35.1 Å². The lowest BCUT2D eigenvalue weighted by atomic mass is 9.80. The Bertz CT molecular complexity index is 841. The minimum absolute atomic E-state index is 0.0211. The van der Waals surface area contributed by atoms with Gasteiger partial charge in [-0.25, -0.2) is 4.39 Å². The van der Waals surface area contributed by atoms with Gasteiger partial charge in [-0.05, 0) is 30.5 Å². The van der Waals surface area contributed by atoms with E-state index >= 15 is 4.39 Å². The van der Waals surface area contributed by atoms with Crippen molar-refractivity contribution >= 4 is 0 Å². The lowest BCUT2D eigenvalue weighted by Gasteiger charge is -2.37. The van der Waals surface area contributed by atoms with Crippen LogP contribution < -0.4 is 0 Å². The summed E-state index contributed by atoms with van der Waals surface area (Å²) in [6.07, 6.45) is -11.2. The molecule has 0 amide bonds. The van der Waals surface area contributed by atoms with Crippen LogP contribution in [-0.2, 0) is 12.1 Å². The van der Waals surface area contributed by atoms with Gasteiger partial charge in [-0.15, -0.1) is 0 Å². The predicted molar refractivity (Wildman–Crippen MR) is 83.6 cm³/mol. The third kappa shape index (κ3) is 3.33. The van der Waals surface area contributed by atoms with Gasteiger partial charge in [0.05, 0.1) is 0 Å². The summed E-state index contributed by atoms with van der Waals surface area (Å²) in [7, 11) is 0. The summed E-state index contributed by atoms with van der Waals surface area (Å²) in [5.74, 6) is -6.73. The Balaban J connectivity index is 3.03. The minimum Gasteiger partial charge on any atom is -0.264 e. The third-order valence-electron chi connectivity index (χ3n) is 4.25. The van der Waals surface area contributed by atoms with Gasteiger partial charge in [0.1, 0.15) is 0 Å². The minimum atomic E-state index is -6.78. The molecule has 1 atom stereocenters. The summed E-state index contributed by atoms with van der Waals surface area (Å²) in [6, 6.07) is 4.07. The van der Waals surface area contributed by atoms with Crippen molar-refractivity contribution in [1.82, 2.24) is 4.98 Å². The predicted octanol–water partition coefficient (Wildman–Crippen LogP) is 6.54. The van der Waals surface area contributed by atoms with E-state index in [4.69, 9.17) is 0 Å². The van der Waals surface area contributed by atoms with Crippen molar-refractivity contribution in [2.24, 2.45) is 0 Å². The van der Waals surface area contributed by atoms with Crippen LogP contribution in [0.25, 0.3) is 11.1 Å². The molecule has 0 fully saturated rings. The molecule has 0 N–H and O–H groups in total. The fourth-order valence-electron chi connectivity index (χ4n) is 2.96. The van der Waals surface area contributed by atoms with Crippen molar-refractivity contribution in [2.75, 3.05) is 0 Å². The number of hydrogen-bond donors (Lipinski definition) is 0. The molecule has 1 unspecified atom stereocenters. The van der Waals surface area contributed by atoms with Gasteiger partial charge in [-0.3, -0.25) is 4.98 Å². The average molecular weight is 415 g/mol. The molecular weight excluding hydrogens is 401 g/mol. The largest absolute Gasteiger partial charge is 0.457 e. The average Bonchev–Trinajstić information content (AvgIpc) is 2.58. The van der Waals surface area contributed by atoms with Crippen molar-refractivity contribution in [1.29, 1.82) is 0 Å². The van der Waals surface area contributed by atoms with Gasteiger partial charge in [-0.2, -0.15) is 35.1 Å². The molecule has 0 aliphatic carbocycles. The van der Waals surface area contributed by atoms with Crippen LogP contribution in [0.15, 0.2) is 36.7 Å². The van der Waals surface area contributed by atoms with E-state index in [-0.39, 0.29) is 23.1 Å². The first kappa shape index (κ1) is 22.0. The molecule has 0 aliphatic rings. The van der Waals surface area contributed by atoms with E-state index < -0.39 is 35.1 Å². The van der Waals surface area contributed by atoms with Gasteiger partial charge in [0.15, 0.2) is 0 Å². The molecule has 0 saturated carbocycles. The van der Waals surface area contributed by atoms with Crippen LogP contribution in [0.5, 0.6) is 0 Å². The van der Waals surface area contributed by atoms with Gasteiger partial charge in [0.2, 0.25) is 0 Å². The lowest BCUT2D eigenvalue weighted by molar-refractivity contribution is -0.389. The highest BCUT2D eigenvalue weighted by Gasteiger charge is 2.82. The van der Waals surface area contributed by atoms with E-state index in [1.54, 1.807) is 0 Å². The Labute approximate surface area is 154 Å². The molecule has 0 saturated heterocycles. The number of halogens is 9. The van der Waals surface area contributed by atoms with Gasteiger partial charge in [0, 0.05) is 23.5 Å². The molecule has 154 valence electrons. The molecule has 1 heterocycles. The van der Waals surface area contributed by atoms with Crippen LogP contribution >= 0.6 is 0 Å². The maximum absolute atomic E-state index is 15.1. The molecule has 2 aromatic rings. The number of aromatic nitrogens is 1. The smallest absolute Gasteiger partial charge is 0.264 e. The van der Waals surface area contributed by atoms with Crippen molar-refractivity contribution in [3.63, 3.8) is 0 Å². The van der Waals surface area contributed by atoms with Gasteiger partial charge in [-0.1, -0.05) is 30.7 Å². The second-order valence-electron chi connectivity index (χ2n) is 6.17. The first-order valence-electron chi connectivity index (χ1n) is 7.93. The molecule has 0 spiro atoms. The third-order valence-corrected chi connectivity index (χ3v) is 4.25. The number of rotatable bonds is 4. The highest BCUT2D eigenvalue weighted by molar-refractivity contribution is 5.73. The fourth-order valence-corrected chi connectivity index (χ4v) is 2.96. The Morgan fingerprint density at radius 2 is 1.50 bits per heavy atom. The van der Waals surface area contributed by atoms with E-state index in [0.717, 1.165) is 12.3 Å². The van der Waals surface area contributed by atoms with Crippen molar-refractivity contribution < 1.29 is 39.5 Å². The molecule has 0 radical (unpaired) electrons. The molecule has 10 heteroatoms. The molecule has 28 heavy (non-hydrogen) atoms. The summed E-state index contributed by atoms with van der Waals surface area (Å²) < 4.78 is 122. The number of alkyl halides is 9. The van der Waals surface area contributed by atoms with Crippen LogP contribution in [0.4, 0.5) is 39.5 Å². The molecule has 1 nitrogen and oxygen atoms in total. The Hall–Kier alpha value is -2.26. The second-order valence-corrected chi connectivity index (χ2v) is 6.17. The maximum Gasteiger partial charge on any atom is 0.457 e. The number of hydrogen-bond acceptors (Lipinski definition) is 1. The standard InChI is InChI=1S/C18H14F9N/c1-3-11-7-10(2)8-13(14(11)12-5-4-6-28-9-12)15(19,17(22,23)24)16(20,21)18(25,26)27/h4-9H,3H2,1-2H3. The second kappa shape index (κ2) is 6.97. The zero-order valence-corrected chi connectivity index (χ0v) is 14.5. The van der Waals surface area contributed by atoms with E-state index in [2.05, 4.69) is 4.98 Å². The van der Waals surface area contributed by atoms with E-state index in [0.29, 0.717) is 6.07 Å². The Morgan fingerprint density at radius 1 is 0.893 bits per heavy atom. The molecule has 0 bridgehead atoms. The van der Waals surface area contributed by atoms with Gasteiger partial charge < -0.3 is 0 Å². The number of benzene rings is 1. The number of aryl methyl sites for hydroxylation is 2. The van der Waals surface area contributed by atoms with Crippen LogP contribution in [0.3, 0.4) is 0 Å². The van der Waals surface area contributed by atoms with E-state index in [1.165, 1.54) is 32.2 Å². The quantitative estimate of drug-likeness (QED) is 0.517. The van der Waals surface area contributed by atoms with E-state index in [1.807, 2.05) is 0 Å². The van der Waals surface area contributed by atoms with Crippen LogP contribution in [0, 0.1) is 6.92 Å². The Kier molecular flexibility index (Phi) is 5.48. The van der Waals surface area contributed by atoms with Crippen LogP contribution in [-0.4, -0.2) is 23.3 Å². The maximum atomic E-state index is 15.1. The Morgan fingerprint density at radius 3 is 1.93 bits per heavy atom. The highest BCUT2D eigenvalue weighted by atomic mass is 19.4.